The van der Waals surface area contributed by atoms with Crippen molar-refractivity contribution in [2.45, 2.75) is 13.5 Å². The summed E-state index contributed by atoms with van der Waals surface area (Å²) in [5.74, 6) is 0. The molecule has 0 bridgehead atoms. The van der Waals surface area contributed by atoms with Crippen LogP contribution in [-0.4, -0.2) is 9.55 Å². The molecule has 4 heteroatoms. The molecule has 0 radical (unpaired) electrons. The van der Waals surface area contributed by atoms with Gasteiger partial charge in [0.25, 0.3) is 5.56 Å². The molecule has 3 nitrogen and oxygen atoms in total. The summed E-state index contributed by atoms with van der Waals surface area (Å²) in [5, 5.41) is 2.11. The van der Waals surface area contributed by atoms with Crippen molar-refractivity contribution in [1.29, 1.82) is 0 Å². The number of hydrogen-bond acceptors (Lipinski definition) is 3. The smallest absolute Gasteiger partial charge is 0.251 e. The second-order valence-corrected chi connectivity index (χ2v) is 6.15. The van der Waals surface area contributed by atoms with E-state index in [1.165, 1.54) is 0 Å². The zero-order valence-corrected chi connectivity index (χ0v) is 12.9. The molecule has 0 aliphatic heterocycles. The molecule has 0 unspecified atom stereocenters. The van der Waals surface area contributed by atoms with Crippen LogP contribution in [0.4, 0.5) is 0 Å². The molecule has 0 N–H and O–H groups in total. The average molecular weight is 306 g/mol. The van der Waals surface area contributed by atoms with Crippen LogP contribution in [0, 0.1) is 0 Å². The SMILES string of the molecule is CCn1c(=O)ccc2c3sc(-c4ccccc4)nc3ccc21. The number of fused-ring (bicyclic) bond motifs is 3. The maximum Gasteiger partial charge on any atom is 0.251 e. The van der Waals surface area contributed by atoms with E-state index in [-0.39, 0.29) is 5.56 Å². The fourth-order valence-electron chi connectivity index (χ4n) is 2.79. The number of hydrogen-bond donors (Lipinski definition) is 0. The van der Waals surface area contributed by atoms with Gasteiger partial charge in [0.05, 0.1) is 15.7 Å². The summed E-state index contributed by atoms with van der Waals surface area (Å²) in [6, 6.07) is 17.8. The van der Waals surface area contributed by atoms with E-state index < -0.39 is 0 Å². The molecule has 108 valence electrons. The normalized spacial score (nSPS) is 11.3. The Bertz CT molecular complexity index is 1030. The highest BCUT2D eigenvalue weighted by Crippen LogP contribution is 2.34. The Labute approximate surface area is 131 Å². The van der Waals surface area contributed by atoms with E-state index in [1.54, 1.807) is 22.0 Å². The Morgan fingerprint density at radius 3 is 2.64 bits per heavy atom. The van der Waals surface area contributed by atoms with Crippen LogP contribution in [0.5, 0.6) is 0 Å². The van der Waals surface area contributed by atoms with Crippen LogP contribution < -0.4 is 5.56 Å². The Hall–Kier alpha value is -2.46. The van der Waals surface area contributed by atoms with Crippen LogP contribution in [0.2, 0.25) is 0 Å². The van der Waals surface area contributed by atoms with Gasteiger partial charge in [0.2, 0.25) is 0 Å². The molecule has 0 saturated carbocycles. The molecule has 0 atom stereocenters. The van der Waals surface area contributed by atoms with Gasteiger partial charge >= 0.3 is 0 Å². The van der Waals surface area contributed by atoms with E-state index in [9.17, 15) is 4.79 Å². The summed E-state index contributed by atoms with van der Waals surface area (Å²) in [4.78, 5) is 16.7. The lowest BCUT2D eigenvalue weighted by atomic mass is 10.2. The van der Waals surface area contributed by atoms with E-state index in [0.29, 0.717) is 6.54 Å². The highest BCUT2D eigenvalue weighted by atomic mass is 32.1. The van der Waals surface area contributed by atoms with Gasteiger partial charge in [-0.15, -0.1) is 11.3 Å². The van der Waals surface area contributed by atoms with Crippen molar-refractivity contribution >= 4 is 32.5 Å². The first-order chi connectivity index (χ1) is 10.8. The summed E-state index contributed by atoms with van der Waals surface area (Å²) in [6.45, 7) is 2.67. The van der Waals surface area contributed by atoms with Crippen molar-refractivity contribution in [1.82, 2.24) is 9.55 Å². The second-order valence-electron chi connectivity index (χ2n) is 5.15. The monoisotopic (exact) mass is 306 g/mol. The molecule has 22 heavy (non-hydrogen) atoms. The van der Waals surface area contributed by atoms with Gasteiger partial charge in [-0.2, -0.15) is 0 Å². The topological polar surface area (TPSA) is 34.9 Å². The molecule has 0 amide bonds. The lowest BCUT2D eigenvalue weighted by molar-refractivity contribution is 0.760. The summed E-state index contributed by atoms with van der Waals surface area (Å²) in [7, 11) is 0. The van der Waals surface area contributed by atoms with E-state index >= 15 is 0 Å². The Balaban J connectivity index is 2.05. The molecule has 0 fully saturated rings. The number of nitrogens with zero attached hydrogens (tertiary/aromatic N) is 2. The van der Waals surface area contributed by atoms with E-state index in [1.807, 2.05) is 43.3 Å². The molecule has 2 aromatic heterocycles. The molecule has 0 spiro atoms. The van der Waals surface area contributed by atoms with Crippen LogP contribution in [0.15, 0.2) is 59.4 Å². The fraction of sp³-hybridized carbons (Fsp3) is 0.111. The first-order valence-corrected chi connectivity index (χ1v) is 8.08. The minimum Gasteiger partial charge on any atom is -0.309 e. The Kier molecular flexibility index (Phi) is 3.05. The molecule has 2 aromatic carbocycles. The van der Waals surface area contributed by atoms with E-state index in [4.69, 9.17) is 4.98 Å². The van der Waals surface area contributed by atoms with Gasteiger partial charge in [-0.05, 0) is 25.1 Å². The molecule has 4 aromatic rings. The van der Waals surface area contributed by atoms with Gasteiger partial charge in [-0.1, -0.05) is 30.3 Å². The number of rotatable bonds is 2. The van der Waals surface area contributed by atoms with Gasteiger partial charge in [-0.25, -0.2) is 4.98 Å². The third-order valence-corrected chi connectivity index (χ3v) is 5.01. The first kappa shape index (κ1) is 13.2. The molecule has 0 aliphatic carbocycles. The maximum atomic E-state index is 12.0. The second kappa shape index (κ2) is 5.07. The predicted octanol–water partition coefficient (Wildman–Crippen LogP) is 4.30. The summed E-state index contributed by atoms with van der Waals surface area (Å²) in [5.41, 5.74) is 3.13. The summed E-state index contributed by atoms with van der Waals surface area (Å²) in [6.07, 6.45) is 0. The van der Waals surface area contributed by atoms with Gasteiger partial charge in [-0.3, -0.25) is 4.79 Å². The quantitative estimate of drug-likeness (QED) is 0.553. The number of thiazole rings is 1. The minimum atomic E-state index is 0.0437. The largest absolute Gasteiger partial charge is 0.309 e. The van der Waals surface area contributed by atoms with Crippen LogP contribution in [0.3, 0.4) is 0 Å². The number of pyridine rings is 1. The molecule has 0 saturated heterocycles. The van der Waals surface area contributed by atoms with Crippen molar-refractivity contribution < 1.29 is 0 Å². The van der Waals surface area contributed by atoms with Crippen molar-refractivity contribution in [3.05, 3.63) is 65.0 Å². The standard InChI is InChI=1S/C18H14N2OS/c1-2-20-15-10-9-14-17(13(15)8-11-16(20)21)22-18(19-14)12-6-4-3-5-7-12/h3-11H,2H2,1H3. The Morgan fingerprint density at radius 1 is 1.05 bits per heavy atom. The summed E-state index contributed by atoms with van der Waals surface area (Å²) < 4.78 is 2.94. The summed E-state index contributed by atoms with van der Waals surface area (Å²) >= 11 is 1.68. The maximum absolute atomic E-state index is 12.0. The number of aromatic nitrogens is 2. The lowest BCUT2D eigenvalue weighted by Crippen LogP contribution is -2.17. The number of aryl methyl sites for hydroxylation is 1. The van der Waals surface area contributed by atoms with Crippen LogP contribution in [-0.2, 0) is 6.54 Å². The number of benzene rings is 2. The third kappa shape index (κ3) is 1.96. The Morgan fingerprint density at radius 2 is 1.86 bits per heavy atom. The highest BCUT2D eigenvalue weighted by molar-refractivity contribution is 7.22. The van der Waals surface area contributed by atoms with Crippen LogP contribution in [0.1, 0.15) is 6.92 Å². The van der Waals surface area contributed by atoms with Gasteiger partial charge in [0.15, 0.2) is 0 Å². The van der Waals surface area contributed by atoms with Gasteiger partial charge in [0, 0.05) is 23.6 Å². The van der Waals surface area contributed by atoms with Crippen molar-refractivity contribution in [2.24, 2.45) is 0 Å². The average Bonchev–Trinajstić information content (AvgIpc) is 3.00. The predicted molar refractivity (Wildman–Crippen MR) is 92.5 cm³/mol. The highest BCUT2D eigenvalue weighted by Gasteiger charge is 2.11. The van der Waals surface area contributed by atoms with Crippen LogP contribution in [0.25, 0.3) is 31.7 Å². The zero-order chi connectivity index (χ0) is 15.1. The lowest BCUT2D eigenvalue weighted by Gasteiger charge is -2.07. The molecule has 2 heterocycles. The van der Waals surface area contributed by atoms with Crippen molar-refractivity contribution in [3.8, 4) is 10.6 Å². The molecule has 0 aliphatic rings. The third-order valence-electron chi connectivity index (χ3n) is 3.86. The molecular weight excluding hydrogens is 292 g/mol. The van der Waals surface area contributed by atoms with E-state index in [2.05, 4.69) is 12.1 Å². The molecule has 4 rings (SSSR count). The molecular formula is C18H14N2OS. The van der Waals surface area contributed by atoms with Gasteiger partial charge in [0.1, 0.15) is 5.01 Å². The van der Waals surface area contributed by atoms with Gasteiger partial charge < -0.3 is 4.57 Å². The zero-order valence-electron chi connectivity index (χ0n) is 12.1. The first-order valence-electron chi connectivity index (χ1n) is 7.26. The van der Waals surface area contributed by atoms with E-state index in [0.717, 1.165) is 31.7 Å². The fourth-order valence-corrected chi connectivity index (χ4v) is 3.88. The van der Waals surface area contributed by atoms with Crippen molar-refractivity contribution in [3.63, 3.8) is 0 Å². The minimum absolute atomic E-state index is 0.0437. The van der Waals surface area contributed by atoms with Crippen LogP contribution >= 0.6 is 11.3 Å². The van der Waals surface area contributed by atoms with Crippen molar-refractivity contribution in [2.75, 3.05) is 0 Å².